The lowest BCUT2D eigenvalue weighted by molar-refractivity contribution is -0.208. The van der Waals surface area contributed by atoms with Crippen LogP contribution in [0.3, 0.4) is 0 Å². The van der Waals surface area contributed by atoms with Crippen molar-refractivity contribution in [1.82, 2.24) is 9.55 Å². The number of rotatable bonds is 12. The van der Waals surface area contributed by atoms with Crippen LogP contribution in [0.1, 0.15) is 40.2 Å². The van der Waals surface area contributed by atoms with Crippen molar-refractivity contribution in [3.8, 4) is 0 Å². The van der Waals surface area contributed by atoms with Gasteiger partial charge >= 0.3 is 17.6 Å². The molecular formula is C41H44N2O9Si. The van der Waals surface area contributed by atoms with E-state index in [0.717, 1.165) is 26.7 Å². The Bertz CT molecular complexity index is 2140. The molecule has 1 aromatic heterocycles. The number of hydrogen-bond donors (Lipinski definition) is 1. The highest BCUT2D eigenvalue weighted by atomic mass is 28.3. The molecule has 0 saturated carbocycles. The molecule has 4 atom stereocenters. The van der Waals surface area contributed by atoms with Crippen molar-refractivity contribution in [3.63, 3.8) is 0 Å². The van der Waals surface area contributed by atoms with Gasteiger partial charge in [-0.25, -0.2) is 4.79 Å². The second-order valence-corrected chi connectivity index (χ2v) is 17.3. The Morgan fingerprint density at radius 3 is 2.02 bits per heavy atom. The highest BCUT2D eigenvalue weighted by molar-refractivity contribution is 6.86. The Kier molecular flexibility index (Phi) is 11.0. The van der Waals surface area contributed by atoms with Gasteiger partial charge in [0.05, 0.1) is 18.8 Å². The van der Waals surface area contributed by atoms with Gasteiger partial charge in [-0.15, -0.1) is 0 Å². The van der Waals surface area contributed by atoms with Crippen molar-refractivity contribution in [2.45, 2.75) is 70.0 Å². The van der Waals surface area contributed by atoms with Gasteiger partial charge in [-0.3, -0.25) is 23.9 Å². The number of carbonyl (C=O) groups excluding carboxylic acids is 2. The van der Waals surface area contributed by atoms with Gasteiger partial charge in [0.2, 0.25) is 0 Å². The van der Waals surface area contributed by atoms with Gasteiger partial charge in [-0.2, -0.15) is 0 Å². The Hall–Kier alpha value is -5.14. The molecule has 2 heterocycles. The minimum absolute atomic E-state index is 0.0317. The minimum atomic E-state index is -3.04. The molecule has 1 fully saturated rings. The molecule has 4 aromatic carbocycles. The van der Waals surface area contributed by atoms with Gasteiger partial charge in [-0.05, 0) is 37.1 Å². The number of carbonyl (C=O) groups is 2. The normalized spacial score (nSPS) is 21.5. The topological polar surface area (TPSA) is 135 Å². The Balaban J connectivity index is 1.68. The summed E-state index contributed by atoms with van der Waals surface area (Å²) in [5.41, 5.74) is -2.92. The fraction of sp³-hybridized carbons (Fsp3) is 0.317. The summed E-state index contributed by atoms with van der Waals surface area (Å²) in [6, 6.07) is 34.1. The highest BCUT2D eigenvalue weighted by Crippen LogP contribution is 2.47. The number of esters is 2. The molecule has 276 valence electrons. The number of ether oxygens (including phenoxy) is 5. The predicted octanol–water partition coefficient (Wildman–Crippen LogP) is 3.59. The third kappa shape index (κ3) is 7.96. The summed E-state index contributed by atoms with van der Waals surface area (Å²) in [6.07, 6.45) is -1.17. The van der Waals surface area contributed by atoms with Gasteiger partial charge < -0.3 is 23.7 Å². The molecule has 11 nitrogen and oxygen atoms in total. The third-order valence-corrected chi connectivity index (χ3v) is 13.0. The molecule has 1 aliphatic rings. The smallest absolute Gasteiger partial charge is 0.330 e. The van der Waals surface area contributed by atoms with Crippen molar-refractivity contribution in [1.29, 1.82) is 0 Å². The number of hydrogen-bond acceptors (Lipinski definition) is 9. The molecule has 0 spiro atoms. The van der Waals surface area contributed by atoms with E-state index in [4.69, 9.17) is 23.7 Å². The predicted molar refractivity (Wildman–Crippen MR) is 203 cm³/mol. The fourth-order valence-corrected chi connectivity index (χ4v) is 11.1. The quantitative estimate of drug-likeness (QED) is 0.151. The standard InChI is InChI=1S/C41H44N2O9Si/c1-28(44)49-26-40(27-50-39(3,4)5)36(48-25-31-17-14-16-30-15-12-13-22-34(30)31)37(51-29(2)45)41(52-40,43-24-23-35(46)42-38(43)47)53(32-18-8-6-9-19-32)33-20-10-7-11-21-33/h6-24,36-37,53H,25-27H2,1-5H3,(H,42,46,47)/t36-,37+,40+,41-/m0/s1. The van der Waals surface area contributed by atoms with Crippen LogP contribution in [0.15, 0.2) is 125 Å². The van der Waals surface area contributed by atoms with Crippen molar-refractivity contribution in [2.75, 3.05) is 13.2 Å². The Morgan fingerprint density at radius 1 is 0.792 bits per heavy atom. The zero-order valence-electron chi connectivity index (χ0n) is 30.4. The van der Waals surface area contributed by atoms with Crippen LogP contribution >= 0.6 is 0 Å². The average molecular weight is 737 g/mol. The van der Waals surface area contributed by atoms with Crippen LogP contribution < -0.4 is 21.6 Å². The molecule has 0 amide bonds. The molecule has 12 heteroatoms. The molecule has 0 radical (unpaired) electrons. The number of benzene rings is 4. The molecule has 0 aliphatic carbocycles. The first-order valence-corrected chi connectivity index (χ1v) is 19.2. The first kappa shape index (κ1) is 37.6. The van der Waals surface area contributed by atoms with Crippen LogP contribution in [0.2, 0.25) is 0 Å². The molecule has 53 heavy (non-hydrogen) atoms. The Labute approximate surface area is 309 Å². The van der Waals surface area contributed by atoms with Crippen LogP contribution in [0.5, 0.6) is 0 Å². The molecule has 1 saturated heterocycles. The molecule has 1 N–H and O–H groups in total. The molecule has 6 rings (SSSR count). The fourth-order valence-electron chi connectivity index (χ4n) is 7.13. The number of nitrogens with zero attached hydrogens (tertiary/aromatic N) is 1. The maximum Gasteiger partial charge on any atom is 0.330 e. The Morgan fingerprint density at radius 2 is 1.42 bits per heavy atom. The van der Waals surface area contributed by atoms with E-state index < -0.39 is 60.7 Å². The highest BCUT2D eigenvalue weighted by Gasteiger charge is 2.70. The van der Waals surface area contributed by atoms with Crippen LogP contribution in [-0.4, -0.2) is 66.9 Å². The van der Waals surface area contributed by atoms with E-state index in [1.54, 1.807) is 0 Å². The van der Waals surface area contributed by atoms with Gasteiger partial charge in [0.15, 0.2) is 25.9 Å². The lowest BCUT2D eigenvalue weighted by Gasteiger charge is -2.42. The summed E-state index contributed by atoms with van der Waals surface area (Å²) < 4.78 is 34.3. The summed E-state index contributed by atoms with van der Waals surface area (Å²) in [5, 5.41) is 1.80. The first-order chi connectivity index (χ1) is 25.3. The van der Waals surface area contributed by atoms with Crippen LogP contribution in [0, 0.1) is 0 Å². The van der Waals surface area contributed by atoms with Crippen molar-refractivity contribution < 1.29 is 33.3 Å². The number of fused-ring (bicyclic) bond motifs is 1. The van der Waals surface area contributed by atoms with Crippen molar-refractivity contribution in [2.24, 2.45) is 0 Å². The summed E-state index contributed by atoms with van der Waals surface area (Å²) >= 11 is 0. The number of nitrogens with one attached hydrogen (secondary N) is 1. The number of H-pyrrole nitrogens is 1. The van der Waals surface area contributed by atoms with Gasteiger partial charge in [0.25, 0.3) is 5.56 Å². The summed E-state index contributed by atoms with van der Waals surface area (Å²) in [5.74, 6) is -1.24. The SMILES string of the molecule is CC(=O)OC[C@]1(COC(C)(C)C)O[C@](n2ccc(=O)[nH]c2=O)([SiH](c2ccccc2)c2ccccc2)[C@H](OC(C)=O)[C@@H]1OCc1cccc2ccccc12. The summed E-state index contributed by atoms with van der Waals surface area (Å²) in [6.45, 7) is 7.67. The van der Waals surface area contributed by atoms with Gasteiger partial charge in [-0.1, -0.05) is 114 Å². The molecular weight excluding hydrogens is 693 g/mol. The van der Waals surface area contributed by atoms with Crippen LogP contribution in [0.4, 0.5) is 0 Å². The average Bonchev–Trinajstić information content (AvgIpc) is 3.38. The zero-order valence-corrected chi connectivity index (χ0v) is 31.6. The van der Waals surface area contributed by atoms with E-state index in [9.17, 15) is 19.2 Å². The van der Waals surface area contributed by atoms with E-state index in [2.05, 4.69) is 4.98 Å². The third-order valence-electron chi connectivity index (χ3n) is 9.31. The lowest BCUT2D eigenvalue weighted by atomic mass is 9.95. The van der Waals surface area contributed by atoms with E-state index in [1.807, 2.05) is 124 Å². The minimum Gasteiger partial charge on any atom is -0.463 e. The first-order valence-electron chi connectivity index (χ1n) is 17.5. The van der Waals surface area contributed by atoms with Crippen LogP contribution in [-0.2, 0) is 45.2 Å². The van der Waals surface area contributed by atoms with E-state index in [0.29, 0.717) is 0 Å². The molecule has 5 aromatic rings. The maximum absolute atomic E-state index is 14.2. The number of aromatic amines is 1. The summed E-state index contributed by atoms with van der Waals surface area (Å²) in [7, 11) is -3.04. The summed E-state index contributed by atoms with van der Waals surface area (Å²) in [4.78, 5) is 55.2. The van der Waals surface area contributed by atoms with Gasteiger partial charge in [0.1, 0.15) is 12.7 Å². The monoisotopic (exact) mass is 736 g/mol. The zero-order chi connectivity index (χ0) is 37.8. The lowest BCUT2D eigenvalue weighted by Crippen LogP contribution is -2.69. The van der Waals surface area contributed by atoms with Crippen molar-refractivity contribution >= 4 is 41.9 Å². The van der Waals surface area contributed by atoms with E-state index in [1.165, 1.54) is 30.7 Å². The second-order valence-electron chi connectivity index (χ2n) is 14.2. The van der Waals surface area contributed by atoms with Crippen molar-refractivity contribution in [3.05, 3.63) is 142 Å². The second kappa shape index (κ2) is 15.5. The molecule has 0 unspecified atom stereocenters. The maximum atomic E-state index is 14.2. The largest absolute Gasteiger partial charge is 0.463 e. The van der Waals surface area contributed by atoms with Crippen LogP contribution in [0.25, 0.3) is 10.8 Å². The molecule has 1 aliphatic heterocycles. The van der Waals surface area contributed by atoms with E-state index >= 15 is 0 Å². The van der Waals surface area contributed by atoms with E-state index in [-0.39, 0.29) is 19.8 Å². The molecule has 0 bridgehead atoms. The number of aromatic nitrogens is 2. The van der Waals surface area contributed by atoms with Gasteiger partial charge in [0, 0.05) is 26.1 Å².